The quantitative estimate of drug-likeness (QED) is 0.799. The fourth-order valence-corrected chi connectivity index (χ4v) is 3.47. The summed E-state index contributed by atoms with van der Waals surface area (Å²) in [5.74, 6) is 1.26. The fourth-order valence-electron chi connectivity index (χ4n) is 3.47. The third kappa shape index (κ3) is 3.41. The van der Waals surface area contributed by atoms with Crippen molar-refractivity contribution in [1.29, 1.82) is 0 Å². The number of ether oxygens (including phenoxy) is 3. The molecule has 2 heterocycles. The first-order valence-electron chi connectivity index (χ1n) is 8.40. The molecular formula is C19H25NO4. The van der Waals surface area contributed by atoms with E-state index in [1.54, 1.807) is 32.4 Å². The number of methoxy groups -OCH3 is 2. The molecule has 1 fully saturated rings. The number of rotatable bonds is 3. The maximum atomic E-state index is 12.8. The normalized spacial score (nSPS) is 19.8. The van der Waals surface area contributed by atoms with Gasteiger partial charge in [-0.25, -0.2) is 0 Å². The summed E-state index contributed by atoms with van der Waals surface area (Å²) in [5.41, 5.74) is 1.81. The lowest BCUT2D eigenvalue weighted by atomic mass is 9.87. The van der Waals surface area contributed by atoms with Gasteiger partial charge in [-0.3, -0.25) is 4.79 Å². The van der Waals surface area contributed by atoms with Crippen LogP contribution in [-0.4, -0.2) is 50.3 Å². The first-order chi connectivity index (χ1) is 11.5. The molecule has 5 nitrogen and oxygen atoms in total. The van der Waals surface area contributed by atoms with E-state index in [1.165, 1.54) is 5.57 Å². The monoisotopic (exact) mass is 331 g/mol. The Hall–Kier alpha value is -2.01. The summed E-state index contributed by atoms with van der Waals surface area (Å²) in [4.78, 5) is 14.7. The highest BCUT2D eigenvalue weighted by Crippen LogP contribution is 2.34. The van der Waals surface area contributed by atoms with Crippen molar-refractivity contribution in [2.75, 3.05) is 33.9 Å². The van der Waals surface area contributed by atoms with E-state index < -0.39 is 0 Å². The SMILES string of the molecule is COc1cc(OC)cc(C(=O)N2CCC3(C=C(C)CCO3)CC2)c1. The summed E-state index contributed by atoms with van der Waals surface area (Å²) >= 11 is 0. The van der Waals surface area contributed by atoms with Gasteiger partial charge >= 0.3 is 0 Å². The van der Waals surface area contributed by atoms with Gasteiger partial charge in [0.1, 0.15) is 11.5 Å². The molecule has 24 heavy (non-hydrogen) atoms. The van der Waals surface area contributed by atoms with Crippen molar-refractivity contribution in [2.45, 2.75) is 31.8 Å². The van der Waals surface area contributed by atoms with Gasteiger partial charge in [-0.05, 0) is 38.3 Å². The van der Waals surface area contributed by atoms with Crippen molar-refractivity contribution < 1.29 is 19.0 Å². The van der Waals surface area contributed by atoms with Gasteiger partial charge < -0.3 is 19.1 Å². The van der Waals surface area contributed by atoms with Gasteiger partial charge in [0.05, 0.1) is 26.4 Å². The average Bonchev–Trinajstić information content (AvgIpc) is 2.61. The summed E-state index contributed by atoms with van der Waals surface area (Å²) in [6.07, 6.45) is 4.95. The van der Waals surface area contributed by atoms with Crippen LogP contribution in [0.2, 0.25) is 0 Å². The van der Waals surface area contributed by atoms with Crippen LogP contribution in [0.3, 0.4) is 0 Å². The lowest BCUT2D eigenvalue weighted by molar-refractivity contribution is -0.0522. The number of amides is 1. The highest BCUT2D eigenvalue weighted by atomic mass is 16.5. The van der Waals surface area contributed by atoms with Gasteiger partial charge in [0.25, 0.3) is 5.91 Å². The Morgan fingerprint density at radius 2 is 1.75 bits per heavy atom. The molecule has 1 spiro atoms. The maximum Gasteiger partial charge on any atom is 0.254 e. The molecule has 0 aromatic heterocycles. The van der Waals surface area contributed by atoms with Gasteiger partial charge in [0, 0.05) is 24.7 Å². The minimum Gasteiger partial charge on any atom is -0.497 e. The van der Waals surface area contributed by atoms with E-state index in [1.807, 2.05) is 4.90 Å². The van der Waals surface area contributed by atoms with Crippen LogP contribution < -0.4 is 9.47 Å². The van der Waals surface area contributed by atoms with Crippen LogP contribution in [0.4, 0.5) is 0 Å². The van der Waals surface area contributed by atoms with Crippen LogP contribution in [-0.2, 0) is 4.74 Å². The van der Waals surface area contributed by atoms with E-state index >= 15 is 0 Å². The molecular weight excluding hydrogens is 306 g/mol. The second-order valence-corrected chi connectivity index (χ2v) is 6.55. The van der Waals surface area contributed by atoms with Crippen molar-refractivity contribution in [2.24, 2.45) is 0 Å². The van der Waals surface area contributed by atoms with E-state index in [4.69, 9.17) is 14.2 Å². The van der Waals surface area contributed by atoms with Crippen LogP contribution in [0, 0.1) is 0 Å². The fraction of sp³-hybridized carbons (Fsp3) is 0.526. The predicted octanol–water partition coefficient (Wildman–Crippen LogP) is 3.05. The zero-order valence-corrected chi connectivity index (χ0v) is 14.6. The summed E-state index contributed by atoms with van der Waals surface area (Å²) in [7, 11) is 3.17. The van der Waals surface area contributed by atoms with E-state index in [0.717, 1.165) is 25.9 Å². The Bertz CT molecular complexity index is 623. The number of hydrogen-bond acceptors (Lipinski definition) is 4. The standard InChI is InChI=1S/C19H25NO4/c1-14-4-9-24-19(13-14)5-7-20(8-6-19)18(21)15-10-16(22-2)12-17(11-15)23-3/h10-13H,4-9H2,1-3H3. The molecule has 0 radical (unpaired) electrons. The molecule has 1 amide bonds. The highest BCUT2D eigenvalue weighted by molar-refractivity contribution is 5.95. The maximum absolute atomic E-state index is 12.8. The van der Waals surface area contributed by atoms with E-state index in [0.29, 0.717) is 30.2 Å². The summed E-state index contributed by atoms with van der Waals surface area (Å²) in [6, 6.07) is 5.29. The van der Waals surface area contributed by atoms with Gasteiger partial charge in [-0.2, -0.15) is 0 Å². The molecule has 0 unspecified atom stereocenters. The third-order valence-corrected chi connectivity index (χ3v) is 4.89. The number of likely N-dealkylation sites (tertiary alicyclic amines) is 1. The number of carbonyl (C=O) groups is 1. The van der Waals surface area contributed by atoms with Crippen molar-refractivity contribution >= 4 is 5.91 Å². The minimum atomic E-state index is -0.175. The largest absolute Gasteiger partial charge is 0.497 e. The minimum absolute atomic E-state index is 0.0126. The number of nitrogens with zero attached hydrogens (tertiary/aromatic N) is 1. The molecule has 0 saturated carbocycles. The average molecular weight is 331 g/mol. The molecule has 1 saturated heterocycles. The Morgan fingerprint density at radius 1 is 1.12 bits per heavy atom. The van der Waals surface area contributed by atoms with Crippen molar-refractivity contribution in [3.63, 3.8) is 0 Å². The third-order valence-electron chi connectivity index (χ3n) is 4.89. The Morgan fingerprint density at radius 3 is 2.29 bits per heavy atom. The van der Waals surface area contributed by atoms with Gasteiger partial charge in [0.2, 0.25) is 0 Å². The molecule has 2 aliphatic rings. The summed E-state index contributed by atoms with van der Waals surface area (Å²) < 4.78 is 16.5. The molecule has 3 rings (SSSR count). The van der Waals surface area contributed by atoms with Crippen LogP contribution in [0.5, 0.6) is 11.5 Å². The van der Waals surface area contributed by atoms with Crippen LogP contribution in [0.15, 0.2) is 29.8 Å². The number of piperidine rings is 1. The Balaban J connectivity index is 1.72. The molecule has 0 N–H and O–H groups in total. The first-order valence-corrected chi connectivity index (χ1v) is 8.40. The molecule has 0 bridgehead atoms. The summed E-state index contributed by atoms with van der Waals surface area (Å²) in [6.45, 7) is 4.33. The lowest BCUT2D eigenvalue weighted by Crippen LogP contribution is -2.48. The molecule has 0 aliphatic carbocycles. The number of benzene rings is 1. The molecule has 5 heteroatoms. The van der Waals surface area contributed by atoms with Crippen molar-refractivity contribution in [1.82, 2.24) is 4.90 Å². The lowest BCUT2D eigenvalue weighted by Gasteiger charge is -2.42. The van der Waals surface area contributed by atoms with E-state index in [-0.39, 0.29) is 11.5 Å². The summed E-state index contributed by atoms with van der Waals surface area (Å²) in [5, 5.41) is 0. The van der Waals surface area contributed by atoms with Crippen LogP contribution in [0.1, 0.15) is 36.5 Å². The van der Waals surface area contributed by atoms with Crippen LogP contribution >= 0.6 is 0 Å². The van der Waals surface area contributed by atoms with Gasteiger partial charge in [-0.1, -0.05) is 11.6 Å². The van der Waals surface area contributed by atoms with E-state index in [2.05, 4.69) is 13.0 Å². The second kappa shape index (κ2) is 6.85. The molecule has 2 aliphatic heterocycles. The number of carbonyl (C=O) groups excluding carboxylic acids is 1. The van der Waals surface area contributed by atoms with Crippen molar-refractivity contribution in [3.8, 4) is 11.5 Å². The van der Waals surface area contributed by atoms with Crippen molar-refractivity contribution in [3.05, 3.63) is 35.4 Å². The molecule has 1 aromatic carbocycles. The Kier molecular flexibility index (Phi) is 4.81. The predicted molar refractivity (Wildman–Crippen MR) is 91.7 cm³/mol. The Labute approximate surface area is 143 Å². The molecule has 130 valence electrons. The molecule has 0 atom stereocenters. The van der Waals surface area contributed by atoms with Gasteiger partial charge in [0.15, 0.2) is 0 Å². The zero-order valence-electron chi connectivity index (χ0n) is 14.6. The van der Waals surface area contributed by atoms with E-state index in [9.17, 15) is 4.79 Å². The van der Waals surface area contributed by atoms with Crippen LogP contribution in [0.25, 0.3) is 0 Å². The first kappa shape index (κ1) is 16.8. The highest BCUT2D eigenvalue weighted by Gasteiger charge is 2.36. The smallest absolute Gasteiger partial charge is 0.254 e. The zero-order chi connectivity index (χ0) is 17.2. The second-order valence-electron chi connectivity index (χ2n) is 6.55. The topological polar surface area (TPSA) is 48.0 Å². The molecule has 1 aromatic rings. The number of hydrogen-bond donors (Lipinski definition) is 0. The van der Waals surface area contributed by atoms with Gasteiger partial charge in [-0.15, -0.1) is 0 Å².